The molecular formula is C14H18ClN5S. The Bertz CT molecular complexity index is 543. The first-order valence-electron chi connectivity index (χ1n) is 7.12. The van der Waals surface area contributed by atoms with Gasteiger partial charge in [-0.05, 0) is 30.4 Å². The van der Waals surface area contributed by atoms with Gasteiger partial charge in [0.2, 0.25) is 0 Å². The molecule has 0 aromatic heterocycles. The zero-order valence-electron chi connectivity index (χ0n) is 11.7. The van der Waals surface area contributed by atoms with Crippen LogP contribution in [0.4, 0.5) is 5.69 Å². The van der Waals surface area contributed by atoms with Gasteiger partial charge in [0.25, 0.3) is 0 Å². The molecule has 2 N–H and O–H groups in total. The van der Waals surface area contributed by atoms with Crippen molar-refractivity contribution in [1.82, 2.24) is 20.0 Å². The zero-order valence-corrected chi connectivity index (χ0v) is 13.3. The quantitative estimate of drug-likeness (QED) is 0.796. The van der Waals surface area contributed by atoms with E-state index in [-0.39, 0.29) is 5.54 Å². The van der Waals surface area contributed by atoms with Crippen LogP contribution in [0.5, 0.6) is 0 Å². The average molecular weight is 324 g/mol. The number of anilines is 1. The molecule has 5 nitrogen and oxygen atoms in total. The van der Waals surface area contributed by atoms with E-state index in [9.17, 15) is 0 Å². The first-order chi connectivity index (χ1) is 10.1. The van der Waals surface area contributed by atoms with Crippen molar-refractivity contribution in [3.05, 3.63) is 29.3 Å². The van der Waals surface area contributed by atoms with Gasteiger partial charge >= 0.3 is 0 Å². The molecule has 112 valence electrons. The highest BCUT2D eigenvalue weighted by molar-refractivity contribution is 7.80. The lowest BCUT2D eigenvalue weighted by molar-refractivity contribution is -0.145. The fourth-order valence-electron chi connectivity index (χ4n) is 3.80. The van der Waals surface area contributed by atoms with E-state index in [2.05, 4.69) is 25.3 Å². The minimum Gasteiger partial charge on any atom is -0.353 e. The summed E-state index contributed by atoms with van der Waals surface area (Å²) in [5, 5.41) is 8.16. The molecule has 7 heteroatoms. The van der Waals surface area contributed by atoms with E-state index in [1.54, 1.807) is 0 Å². The van der Waals surface area contributed by atoms with Gasteiger partial charge in [0, 0.05) is 30.3 Å². The zero-order chi connectivity index (χ0) is 14.4. The van der Waals surface area contributed by atoms with Gasteiger partial charge in [-0.15, -0.1) is 0 Å². The lowest BCUT2D eigenvalue weighted by Gasteiger charge is -2.60. The van der Waals surface area contributed by atoms with Gasteiger partial charge in [0.15, 0.2) is 5.11 Å². The lowest BCUT2D eigenvalue weighted by Crippen LogP contribution is -2.80. The van der Waals surface area contributed by atoms with Gasteiger partial charge in [-0.2, -0.15) is 0 Å². The molecule has 0 radical (unpaired) electrons. The maximum absolute atomic E-state index is 6.00. The van der Waals surface area contributed by atoms with Crippen LogP contribution in [0.25, 0.3) is 0 Å². The summed E-state index contributed by atoms with van der Waals surface area (Å²) in [6.07, 6.45) is 0. The van der Waals surface area contributed by atoms with Crippen molar-refractivity contribution < 1.29 is 0 Å². The summed E-state index contributed by atoms with van der Waals surface area (Å²) in [7, 11) is 0. The van der Waals surface area contributed by atoms with E-state index in [1.807, 2.05) is 24.3 Å². The first kappa shape index (κ1) is 13.7. The van der Waals surface area contributed by atoms with Crippen molar-refractivity contribution in [2.75, 3.05) is 45.0 Å². The molecule has 4 heterocycles. The van der Waals surface area contributed by atoms with Crippen LogP contribution in [-0.2, 0) is 0 Å². The Morgan fingerprint density at radius 1 is 1.10 bits per heavy atom. The van der Waals surface area contributed by atoms with Gasteiger partial charge < -0.3 is 10.6 Å². The monoisotopic (exact) mass is 323 g/mol. The van der Waals surface area contributed by atoms with Crippen LogP contribution in [0.15, 0.2) is 24.3 Å². The van der Waals surface area contributed by atoms with E-state index in [1.165, 1.54) is 0 Å². The van der Waals surface area contributed by atoms with Crippen molar-refractivity contribution in [3.63, 3.8) is 0 Å². The van der Waals surface area contributed by atoms with Crippen molar-refractivity contribution in [2.24, 2.45) is 0 Å². The van der Waals surface area contributed by atoms with Gasteiger partial charge in [-0.25, -0.2) is 0 Å². The summed E-state index contributed by atoms with van der Waals surface area (Å²) in [6, 6.07) is 7.62. The number of nitrogens with zero attached hydrogens (tertiary/aromatic N) is 3. The second-order valence-corrected chi connectivity index (χ2v) is 7.13. The maximum atomic E-state index is 6.00. The second kappa shape index (κ2) is 5.07. The normalized spacial score (nSPS) is 36.5. The van der Waals surface area contributed by atoms with Gasteiger partial charge in [0.1, 0.15) is 0 Å². The van der Waals surface area contributed by atoms with E-state index >= 15 is 0 Å². The Balaban J connectivity index is 1.45. The highest BCUT2D eigenvalue weighted by Gasteiger charge is 2.48. The van der Waals surface area contributed by atoms with Crippen LogP contribution in [0.3, 0.4) is 0 Å². The second-order valence-electron chi connectivity index (χ2n) is 6.28. The molecule has 0 saturated carbocycles. The van der Waals surface area contributed by atoms with E-state index in [0.29, 0.717) is 10.1 Å². The number of nitrogens with one attached hydrogen (secondary N) is 2. The first-order valence-corrected chi connectivity index (χ1v) is 7.91. The van der Waals surface area contributed by atoms with Crippen LogP contribution < -0.4 is 10.6 Å². The fourth-order valence-corrected chi connectivity index (χ4v) is 4.33. The minimum absolute atomic E-state index is 0.0391. The maximum Gasteiger partial charge on any atom is 0.171 e. The summed E-state index contributed by atoms with van der Waals surface area (Å²) >= 11 is 11.5. The highest BCUT2D eigenvalue weighted by Crippen LogP contribution is 2.29. The van der Waals surface area contributed by atoms with Crippen LogP contribution in [0.2, 0.25) is 5.02 Å². The van der Waals surface area contributed by atoms with Crippen LogP contribution in [-0.4, -0.2) is 65.0 Å². The summed E-state index contributed by atoms with van der Waals surface area (Å²) in [5.74, 6) is 0. The molecule has 5 rings (SSSR count). The molecule has 21 heavy (non-hydrogen) atoms. The van der Waals surface area contributed by atoms with Crippen LogP contribution >= 0.6 is 23.8 Å². The molecule has 0 unspecified atom stereocenters. The molecule has 4 saturated heterocycles. The lowest BCUT2D eigenvalue weighted by atomic mass is 9.91. The molecular weight excluding hydrogens is 306 g/mol. The van der Waals surface area contributed by atoms with Crippen molar-refractivity contribution in [2.45, 2.75) is 5.54 Å². The number of hydrogen-bond donors (Lipinski definition) is 2. The summed E-state index contributed by atoms with van der Waals surface area (Å²) in [5.41, 5.74) is 0.961. The Kier molecular flexibility index (Phi) is 3.31. The molecule has 0 amide bonds. The highest BCUT2D eigenvalue weighted by atomic mass is 35.5. The Morgan fingerprint density at radius 2 is 1.71 bits per heavy atom. The predicted molar refractivity (Wildman–Crippen MR) is 88.3 cm³/mol. The van der Waals surface area contributed by atoms with E-state index in [4.69, 9.17) is 23.8 Å². The molecule has 0 atom stereocenters. The van der Waals surface area contributed by atoms with Crippen molar-refractivity contribution >= 4 is 34.6 Å². The third-order valence-electron chi connectivity index (χ3n) is 4.24. The Hall–Kier alpha value is -0.920. The number of benzene rings is 1. The summed E-state index contributed by atoms with van der Waals surface area (Å²) < 4.78 is 0. The van der Waals surface area contributed by atoms with Crippen molar-refractivity contribution in [3.8, 4) is 0 Å². The number of rotatable bonds is 2. The SMILES string of the molecule is S=C(Nc1cccc(Cl)c1)NC12CN3CN(CN(C3)C1)C2. The Morgan fingerprint density at radius 3 is 2.29 bits per heavy atom. The van der Waals surface area contributed by atoms with Crippen LogP contribution in [0.1, 0.15) is 0 Å². The largest absolute Gasteiger partial charge is 0.353 e. The molecule has 0 aliphatic carbocycles. The summed E-state index contributed by atoms with van der Waals surface area (Å²) in [6.45, 7) is 6.39. The number of hydrogen-bond acceptors (Lipinski definition) is 4. The van der Waals surface area contributed by atoms with Gasteiger partial charge in [0.05, 0.1) is 25.5 Å². The van der Waals surface area contributed by atoms with Crippen molar-refractivity contribution in [1.29, 1.82) is 0 Å². The third-order valence-corrected chi connectivity index (χ3v) is 4.68. The molecule has 1 aromatic rings. The average Bonchev–Trinajstić information content (AvgIpc) is 2.35. The summed E-state index contributed by atoms with van der Waals surface area (Å²) in [4.78, 5) is 7.39. The number of thiocarbonyl (C=S) groups is 1. The van der Waals surface area contributed by atoms with E-state index in [0.717, 1.165) is 45.3 Å². The topological polar surface area (TPSA) is 33.8 Å². The Labute approximate surface area is 134 Å². The predicted octanol–water partition coefficient (Wildman–Crippen LogP) is 1.18. The third kappa shape index (κ3) is 2.74. The standard InChI is InChI=1S/C14H18ClN5S/c15-11-2-1-3-12(4-11)16-13(21)17-14-5-18-8-19(6-14)10-20(7-14)9-18/h1-4H,5-10H2,(H2,16,17,21). The molecule has 4 aliphatic heterocycles. The molecule has 4 bridgehead atoms. The van der Waals surface area contributed by atoms with Gasteiger partial charge in [-0.3, -0.25) is 14.7 Å². The molecule has 1 aromatic carbocycles. The minimum atomic E-state index is 0.0391. The molecule has 4 aliphatic rings. The molecule has 0 spiro atoms. The molecule has 4 fully saturated rings. The fraction of sp³-hybridized carbons (Fsp3) is 0.500. The number of halogens is 1. The van der Waals surface area contributed by atoms with Gasteiger partial charge in [-0.1, -0.05) is 17.7 Å². The van der Waals surface area contributed by atoms with Crippen LogP contribution in [0, 0.1) is 0 Å². The van der Waals surface area contributed by atoms with E-state index < -0.39 is 0 Å². The smallest absolute Gasteiger partial charge is 0.171 e.